The van der Waals surface area contributed by atoms with Crippen LogP contribution >= 0.6 is 11.8 Å². The Morgan fingerprint density at radius 2 is 2.42 bits per heavy atom. The number of likely N-dealkylation sites (tertiary alicyclic amines) is 1. The molecule has 0 bridgehead atoms. The van der Waals surface area contributed by atoms with E-state index in [-0.39, 0.29) is 0 Å². The molecule has 0 saturated carbocycles. The van der Waals surface area contributed by atoms with Gasteiger partial charge < -0.3 is 10.6 Å². The molecule has 1 rings (SSSR count). The highest BCUT2D eigenvalue weighted by Gasteiger charge is 2.24. The van der Waals surface area contributed by atoms with Crippen LogP contribution < -0.4 is 5.73 Å². The molecule has 1 aliphatic heterocycles. The van der Waals surface area contributed by atoms with Crippen LogP contribution in [0.2, 0.25) is 0 Å². The molecule has 2 nitrogen and oxygen atoms in total. The first-order chi connectivity index (χ1) is 5.74. The molecule has 1 saturated heterocycles. The number of rotatable bonds is 4. The fraction of sp³-hybridized carbons (Fsp3) is 1.00. The second-order valence-corrected chi connectivity index (χ2v) is 4.69. The van der Waals surface area contributed by atoms with E-state index in [0.717, 1.165) is 5.92 Å². The van der Waals surface area contributed by atoms with Crippen LogP contribution in [-0.2, 0) is 0 Å². The Kier molecular flexibility index (Phi) is 4.40. The van der Waals surface area contributed by atoms with Gasteiger partial charge in [0.15, 0.2) is 0 Å². The molecule has 3 heteroatoms. The highest BCUT2D eigenvalue weighted by Crippen LogP contribution is 2.18. The van der Waals surface area contributed by atoms with E-state index >= 15 is 0 Å². The quantitative estimate of drug-likeness (QED) is 0.714. The zero-order chi connectivity index (χ0) is 8.97. The predicted molar refractivity (Wildman–Crippen MR) is 56.6 cm³/mol. The summed E-state index contributed by atoms with van der Waals surface area (Å²) in [5.74, 6) is 2.00. The number of hydrogen-bond donors (Lipinski definition) is 1. The zero-order valence-electron chi connectivity index (χ0n) is 8.12. The van der Waals surface area contributed by atoms with Crippen LogP contribution in [0, 0.1) is 5.92 Å². The molecule has 0 radical (unpaired) electrons. The summed E-state index contributed by atoms with van der Waals surface area (Å²) in [5.41, 5.74) is 5.86. The molecular formula is C9H20N2S. The Morgan fingerprint density at radius 1 is 1.67 bits per heavy atom. The van der Waals surface area contributed by atoms with Gasteiger partial charge in [-0.1, -0.05) is 0 Å². The van der Waals surface area contributed by atoms with Crippen LogP contribution in [0.1, 0.15) is 13.3 Å². The van der Waals surface area contributed by atoms with Crippen molar-refractivity contribution in [2.45, 2.75) is 19.4 Å². The first-order valence-corrected chi connectivity index (χ1v) is 6.10. The molecule has 2 N–H and O–H groups in total. The molecule has 0 amide bonds. The van der Waals surface area contributed by atoms with E-state index in [1.165, 1.54) is 31.8 Å². The van der Waals surface area contributed by atoms with Gasteiger partial charge in [-0.3, -0.25) is 0 Å². The number of nitrogens with zero attached hydrogens (tertiary/aromatic N) is 1. The van der Waals surface area contributed by atoms with Crippen LogP contribution in [0.25, 0.3) is 0 Å². The molecule has 0 aromatic heterocycles. The van der Waals surface area contributed by atoms with Crippen LogP contribution in [0.5, 0.6) is 0 Å². The Balaban J connectivity index is 2.17. The first-order valence-electron chi connectivity index (χ1n) is 4.71. The molecule has 1 aliphatic rings. The molecule has 1 heterocycles. The maximum absolute atomic E-state index is 5.86. The summed E-state index contributed by atoms with van der Waals surface area (Å²) in [7, 11) is 0. The molecular weight excluding hydrogens is 168 g/mol. The lowest BCUT2D eigenvalue weighted by Gasteiger charge is -2.16. The van der Waals surface area contributed by atoms with E-state index in [1.807, 2.05) is 11.8 Å². The van der Waals surface area contributed by atoms with Crippen LogP contribution in [0.4, 0.5) is 0 Å². The Hall–Kier alpha value is 0.270. The fourth-order valence-corrected chi connectivity index (χ4v) is 2.16. The van der Waals surface area contributed by atoms with Gasteiger partial charge in [0, 0.05) is 24.9 Å². The summed E-state index contributed by atoms with van der Waals surface area (Å²) in [6.45, 7) is 5.85. The lowest BCUT2D eigenvalue weighted by molar-refractivity contribution is 0.334. The SMILES string of the molecule is CSCCN1CCC(C(C)N)C1. The van der Waals surface area contributed by atoms with E-state index in [9.17, 15) is 0 Å². The van der Waals surface area contributed by atoms with Crippen molar-refractivity contribution in [1.29, 1.82) is 0 Å². The lowest BCUT2D eigenvalue weighted by atomic mass is 10.0. The molecule has 2 atom stereocenters. The lowest BCUT2D eigenvalue weighted by Crippen LogP contribution is -2.30. The predicted octanol–water partition coefficient (Wildman–Crippen LogP) is 1.02. The number of hydrogen-bond acceptors (Lipinski definition) is 3. The maximum Gasteiger partial charge on any atom is 0.00724 e. The third-order valence-electron chi connectivity index (χ3n) is 2.66. The van der Waals surface area contributed by atoms with Crippen LogP contribution in [0.15, 0.2) is 0 Å². The summed E-state index contributed by atoms with van der Waals surface area (Å²) >= 11 is 1.93. The highest BCUT2D eigenvalue weighted by atomic mass is 32.2. The summed E-state index contributed by atoms with van der Waals surface area (Å²) in [6, 6.07) is 0.379. The van der Waals surface area contributed by atoms with Gasteiger partial charge in [-0.05, 0) is 32.1 Å². The van der Waals surface area contributed by atoms with Crippen molar-refractivity contribution in [2.24, 2.45) is 11.7 Å². The van der Waals surface area contributed by atoms with Crippen molar-refractivity contribution in [2.75, 3.05) is 31.6 Å². The molecule has 0 spiro atoms. The standard InChI is InChI=1S/C9H20N2S/c1-8(10)9-3-4-11(7-9)5-6-12-2/h8-9H,3-7,10H2,1-2H3. The summed E-state index contributed by atoms with van der Waals surface area (Å²) in [5, 5.41) is 0. The third kappa shape index (κ3) is 2.96. The largest absolute Gasteiger partial charge is 0.328 e. The Morgan fingerprint density at radius 3 is 2.92 bits per heavy atom. The van der Waals surface area contributed by atoms with E-state index in [1.54, 1.807) is 0 Å². The molecule has 72 valence electrons. The normalized spacial score (nSPS) is 27.8. The fourth-order valence-electron chi connectivity index (χ4n) is 1.72. The van der Waals surface area contributed by atoms with Crippen molar-refractivity contribution in [1.82, 2.24) is 4.90 Å². The van der Waals surface area contributed by atoms with Gasteiger partial charge >= 0.3 is 0 Å². The first kappa shape index (κ1) is 10.4. The van der Waals surface area contributed by atoms with Gasteiger partial charge in [-0.2, -0.15) is 11.8 Å². The average Bonchev–Trinajstić information content (AvgIpc) is 2.48. The summed E-state index contributed by atoms with van der Waals surface area (Å²) in [6.07, 6.45) is 3.46. The molecule has 0 aliphatic carbocycles. The Labute approximate surface area is 79.9 Å². The minimum absolute atomic E-state index is 0.379. The molecule has 2 unspecified atom stereocenters. The molecule has 0 aromatic carbocycles. The van der Waals surface area contributed by atoms with Gasteiger partial charge in [-0.15, -0.1) is 0 Å². The van der Waals surface area contributed by atoms with E-state index in [2.05, 4.69) is 18.1 Å². The summed E-state index contributed by atoms with van der Waals surface area (Å²) < 4.78 is 0. The zero-order valence-corrected chi connectivity index (χ0v) is 8.94. The highest BCUT2D eigenvalue weighted by molar-refractivity contribution is 7.98. The maximum atomic E-state index is 5.86. The van der Waals surface area contributed by atoms with Gasteiger partial charge in [0.1, 0.15) is 0 Å². The smallest absolute Gasteiger partial charge is 0.00724 e. The van der Waals surface area contributed by atoms with Crippen molar-refractivity contribution >= 4 is 11.8 Å². The average molecular weight is 188 g/mol. The minimum Gasteiger partial charge on any atom is -0.328 e. The van der Waals surface area contributed by atoms with E-state index < -0.39 is 0 Å². The number of nitrogens with two attached hydrogens (primary N) is 1. The number of thioether (sulfide) groups is 1. The van der Waals surface area contributed by atoms with Crippen LogP contribution in [0.3, 0.4) is 0 Å². The second-order valence-electron chi connectivity index (χ2n) is 3.70. The second kappa shape index (κ2) is 5.10. The Bertz CT molecular complexity index is 128. The van der Waals surface area contributed by atoms with Crippen LogP contribution in [-0.4, -0.2) is 42.6 Å². The topological polar surface area (TPSA) is 29.3 Å². The monoisotopic (exact) mass is 188 g/mol. The molecule has 0 aromatic rings. The third-order valence-corrected chi connectivity index (χ3v) is 3.25. The van der Waals surface area contributed by atoms with Gasteiger partial charge in [0.25, 0.3) is 0 Å². The molecule has 12 heavy (non-hydrogen) atoms. The minimum atomic E-state index is 0.379. The van der Waals surface area contributed by atoms with E-state index in [4.69, 9.17) is 5.73 Å². The van der Waals surface area contributed by atoms with E-state index in [0.29, 0.717) is 6.04 Å². The van der Waals surface area contributed by atoms with Crippen molar-refractivity contribution in [3.05, 3.63) is 0 Å². The molecule has 1 fully saturated rings. The van der Waals surface area contributed by atoms with Crippen molar-refractivity contribution in [3.63, 3.8) is 0 Å². The summed E-state index contributed by atoms with van der Waals surface area (Å²) in [4.78, 5) is 2.53. The van der Waals surface area contributed by atoms with Gasteiger partial charge in [0.05, 0.1) is 0 Å². The van der Waals surface area contributed by atoms with Gasteiger partial charge in [-0.25, -0.2) is 0 Å². The van der Waals surface area contributed by atoms with Crippen molar-refractivity contribution < 1.29 is 0 Å². The van der Waals surface area contributed by atoms with Crippen molar-refractivity contribution in [3.8, 4) is 0 Å². The van der Waals surface area contributed by atoms with Gasteiger partial charge in [0.2, 0.25) is 0 Å².